The predicted octanol–water partition coefficient (Wildman–Crippen LogP) is 4.20. The Morgan fingerprint density at radius 1 is 1.24 bits per heavy atom. The molecule has 1 aliphatic rings. The lowest BCUT2D eigenvalue weighted by atomic mass is 10.0. The molecule has 1 saturated heterocycles. The number of carbonyl (C=O) groups excluding carboxylic acids is 2. The van der Waals surface area contributed by atoms with Crippen LogP contribution in [0.2, 0.25) is 0 Å². The van der Waals surface area contributed by atoms with Crippen molar-refractivity contribution in [3.63, 3.8) is 0 Å². The van der Waals surface area contributed by atoms with Crippen LogP contribution in [0.3, 0.4) is 0 Å². The molecule has 7 heteroatoms. The van der Waals surface area contributed by atoms with Gasteiger partial charge in [0.1, 0.15) is 5.03 Å². The average molecular weight is 414 g/mol. The second-order valence-corrected chi connectivity index (χ2v) is 8.19. The zero-order valence-corrected chi connectivity index (χ0v) is 17.9. The maximum absolute atomic E-state index is 12.9. The van der Waals surface area contributed by atoms with Crippen LogP contribution >= 0.6 is 11.8 Å². The molecule has 0 atom stereocenters. The molecule has 1 N–H and O–H groups in total. The second kappa shape index (κ2) is 9.78. The van der Waals surface area contributed by atoms with Gasteiger partial charge in [-0.15, -0.1) is 0 Å². The molecule has 29 heavy (non-hydrogen) atoms. The number of likely N-dealkylation sites (tertiary alicyclic amines) is 1. The summed E-state index contributed by atoms with van der Waals surface area (Å²) in [5.41, 5.74) is 2.91. The Morgan fingerprint density at radius 3 is 2.72 bits per heavy atom. The molecule has 0 spiro atoms. The number of nitrogens with one attached hydrogen (secondary N) is 1. The van der Waals surface area contributed by atoms with Crippen LogP contribution in [-0.4, -0.2) is 47.6 Å². The highest BCUT2D eigenvalue weighted by Crippen LogP contribution is 2.31. The molecule has 0 radical (unpaired) electrons. The Hall–Kier alpha value is -2.54. The summed E-state index contributed by atoms with van der Waals surface area (Å²) in [6, 6.07) is 9.90. The van der Waals surface area contributed by atoms with Crippen LogP contribution in [0.15, 0.2) is 46.5 Å². The molecule has 2 heterocycles. The number of ether oxygens (including phenoxy) is 1. The van der Waals surface area contributed by atoms with Crippen LogP contribution in [0.1, 0.15) is 41.3 Å². The van der Waals surface area contributed by atoms with Crippen molar-refractivity contribution >= 4 is 23.8 Å². The minimum Gasteiger partial charge on any atom is -0.450 e. The number of piperidine rings is 1. The van der Waals surface area contributed by atoms with E-state index >= 15 is 0 Å². The molecule has 2 aromatic rings. The van der Waals surface area contributed by atoms with Gasteiger partial charge < -0.3 is 15.0 Å². The Labute approximate surface area is 176 Å². The molecule has 1 aliphatic heterocycles. The van der Waals surface area contributed by atoms with E-state index < -0.39 is 0 Å². The van der Waals surface area contributed by atoms with E-state index in [1.807, 2.05) is 6.07 Å². The van der Waals surface area contributed by atoms with Crippen molar-refractivity contribution in [1.29, 1.82) is 0 Å². The lowest BCUT2D eigenvalue weighted by molar-refractivity contribution is 0.0857. The Bertz CT molecular complexity index is 879. The van der Waals surface area contributed by atoms with Crippen LogP contribution in [0.25, 0.3) is 0 Å². The van der Waals surface area contributed by atoms with Gasteiger partial charge >= 0.3 is 6.09 Å². The summed E-state index contributed by atoms with van der Waals surface area (Å²) in [4.78, 5) is 32.0. The molecule has 0 aliphatic carbocycles. The zero-order chi connectivity index (χ0) is 20.8. The van der Waals surface area contributed by atoms with Crippen molar-refractivity contribution in [1.82, 2.24) is 15.2 Å². The first-order chi connectivity index (χ1) is 14.0. The van der Waals surface area contributed by atoms with E-state index in [0.717, 1.165) is 10.5 Å². The fourth-order valence-corrected chi connectivity index (χ4v) is 4.32. The number of hydrogen-bond acceptors (Lipinski definition) is 5. The SMILES string of the molecule is CCOC(=O)N1CCC(NC(=O)c2cccnc2Sc2cc(C)ccc2C)CC1. The topological polar surface area (TPSA) is 71.5 Å². The summed E-state index contributed by atoms with van der Waals surface area (Å²) in [7, 11) is 0. The fraction of sp³-hybridized carbons (Fsp3) is 0.409. The van der Waals surface area contributed by atoms with Crippen molar-refractivity contribution in [3.05, 3.63) is 53.2 Å². The standard InChI is InChI=1S/C22H27N3O3S/c1-4-28-22(27)25-12-9-17(10-13-25)24-20(26)18-6-5-11-23-21(18)29-19-14-15(2)7-8-16(19)3/h5-8,11,14,17H,4,9-10,12-13H2,1-3H3,(H,24,26). The smallest absolute Gasteiger partial charge is 0.409 e. The van der Waals surface area contributed by atoms with E-state index in [1.165, 1.54) is 17.3 Å². The number of benzene rings is 1. The number of nitrogens with zero attached hydrogens (tertiary/aromatic N) is 2. The van der Waals surface area contributed by atoms with E-state index in [0.29, 0.717) is 43.1 Å². The van der Waals surface area contributed by atoms with Gasteiger partial charge in [-0.3, -0.25) is 4.79 Å². The first-order valence-corrected chi connectivity index (χ1v) is 10.7. The minimum absolute atomic E-state index is 0.0342. The predicted molar refractivity (Wildman–Crippen MR) is 113 cm³/mol. The molecule has 0 bridgehead atoms. The number of carbonyl (C=O) groups is 2. The molecule has 2 amide bonds. The normalized spacial score (nSPS) is 14.5. The number of amides is 2. The minimum atomic E-state index is -0.281. The summed E-state index contributed by atoms with van der Waals surface area (Å²) >= 11 is 1.51. The number of pyridine rings is 1. The van der Waals surface area contributed by atoms with E-state index in [1.54, 1.807) is 24.1 Å². The zero-order valence-electron chi connectivity index (χ0n) is 17.1. The van der Waals surface area contributed by atoms with Crippen LogP contribution in [0.5, 0.6) is 0 Å². The summed E-state index contributed by atoms with van der Waals surface area (Å²) in [6.07, 6.45) is 2.85. The molecule has 154 valence electrons. The summed E-state index contributed by atoms with van der Waals surface area (Å²) in [6.45, 7) is 7.45. The van der Waals surface area contributed by atoms with Crippen molar-refractivity contribution in [2.75, 3.05) is 19.7 Å². The molecular formula is C22H27N3O3S. The molecule has 1 aromatic heterocycles. The van der Waals surface area contributed by atoms with Gasteiger partial charge in [0.25, 0.3) is 5.91 Å². The molecule has 1 fully saturated rings. The molecule has 0 unspecified atom stereocenters. The number of hydrogen-bond donors (Lipinski definition) is 1. The van der Waals surface area contributed by atoms with Gasteiger partial charge in [-0.1, -0.05) is 23.9 Å². The maximum Gasteiger partial charge on any atom is 0.409 e. The van der Waals surface area contributed by atoms with Gasteiger partial charge in [-0.05, 0) is 62.9 Å². The average Bonchev–Trinajstić information content (AvgIpc) is 2.72. The molecule has 0 saturated carbocycles. The maximum atomic E-state index is 12.9. The summed E-state index contributed by atoms with van der Waals surface area (Å²) in [5.74, 6) is -0.125. The van der Waals surface area contributed by atoms with Gasteiger partial charge in [0, 0.05) is 30.2 Å². The second-order valence-electron chi connectivity index (χ2n) is 7.16. The van der Waals surface area contributed by atoms with Crippen LogP contribution in [0, 0.1) is 13.8 Å². The van der Waals surface area contributed by atoms with Crippen molar-refractivity contribution in [3.8, 4) is 0 Å². The Kier molecular flexibility index (Phi) is 7.14. The first-order valence-electron chi connectivity index (χ1n) is 9.90. The highest BCUT2D eigenvalue weighted by Gasteiger charge is 2.25. The van der Waals surface area contributed by atoms with Crippen molar-refractivity contribution < 1.29 is 14.3 Å². The molecule has 6 nitrogen and oxygen atoms in total. The largest absolute Gasteiger partial charge is 0.450 e. The van der Waals surface area contributed by atoms with Gasteiger partial charge in [0.05, 0.1) is 12.2 Å². The number of aromatic nitrogens is 1. The van der Waals surface area contributed by atoms with Gasteiger partial charge in [0.2, 0.25) is 0 Å². The molecular weight excluding hydrogens is 386 g/mol. The quantitative estimate of drug-likeness (QED) is 0.795. The van der Waals surface area contributed by atoms with Crippen molar-refractivity contribution in [2.45, 2.75) is 49.6 Å². The van der Waals surface area contributed by atoms with Crippen LogP contribution < -0.4 is 5.32 Å². The molecule has 3 rings (SSSR count). The van der Waals surface area contributed by atoms with E-state index in [2.05, 4.69) is 42.3 Å². The highest BCUT2D eigenvalue weighted by atomic mass is 32.2. The fourth-order valence-electron chi connectivity index (χ4n) is 3.25. The number of aryl methyl sites for hydroxylation is 2. The van der Waals surface area contributed by atoms with Crippen LogP contribution in [-0.2, 0) is 4.74 Å². The van der Waals surface area contributed by atoms with Crippen LogP contribution in [0.4, 0.5) is 4.79 Å². The third-order valence-electron chi connectivity index (χ3n) is 4.92. The van der Waals surface area contributed by atoms with Gasteiger partial charge in [0.15, 0.2) is 0 Å². The summed E-state index contributed by atoms with van der Waals surface area (Å²) < 4.78 is 5.05. The monoisotopic (exact) mass is 413 g/mol. The van der Waals surface area contributed by atoms with E-state index in [9.17, 15) is 9.59 Å². The lowest BCUT2D eigenvalue weighted by Gasteiger charge is -2.31. The first kappa shape index (κ1) is 21.2. The molecule has 1 aromatic carbocycles. The Morgan fingerprint density at radius 2 is 2.00 bits per heavy atom. The van der Waals surface area contributed by atoms with Gasteiger partial charge in [-0.25, -0.2) is 9.78 Å². The van der Waals surface area contributed by atoms with E-state index in [-0.39, 0.29) is 18.0 Å². The third-order valence-corrected chi connectivity index (χ3v) is 6.10. The number of rotatable bonds is 5. The van der Waals surface area contributed by atoms with Crippen molar-refractivity contribution in [2.24, 2.45) is 0 Å². The highest BCUT2D eigenvalue weighted by molar-refractivity contribution is 7.99. The Balaban J connectivity index is 1.65. The summed E-state index contributed by atoms with van der Waals surface area (Å²) in [5, 5.41) is 3.80. The van der Waals surface area contributed by atoms with Gasteiger partial charge in [-0.2, -0.15) is 0 Å². The van der Waals surface area contributed by atoms with E-state index in [4.69, 9.17) is 4.74 Å². The lowest BCUT2D eigenvalue weighted by Crippen LogP contribution is -2.46. The third kappa shape index (κ3) is 5.50.